The molecule has 42 heavy (non-hydrogen) atoms. The zero-order valence-corrected chi connectivity index (χ0v) is 25.6. The SMILES string of the molecule is CC[C@H](C(=O)NC1CCCCC1)N(Cc1ccccc1Cl)C(=O)CN(c1ccccc1)S(=O)(=O)c1ccc(OC)cc1. The molecule has 0 aliphatic heterocycles. The van der Waals surface area contributed by atoms with Crippen molar-refractivity contribution in [2.24, 2.45) is 0 Å². The highest BCUT2D eigenvalue weighted by molar-refractivity contribution is 7.92. The first-order valence-corrected chi connectivity index (χ1v) is 16.1. The molecule has 3 aromatic rings. The largest absolute Gasteiger partial charge is 0.497 e. The van der Waals surface area contributed by atoms with Gasteiger partial charge in [-0.1, -0.05) is 74.2 Å². The summed E-state index contributed by atoms with van der Waals surface area (Å²) < 4.78 is 34.2. The van der Waals surface area contributed by atoms with Crippen LogP contribution in [0.15, 0.2) is 83.8 Å². The van der Waals surface area contributed by atoms with Gasteiger partial charge in [-0.15, -0.1) is 0 Å². The van der Waals surface area contributed by atoms with E-state index in [0.717, 1.165) is 36.4 Å². The van der Waals surface area contributed by atoms with E-state index in [2.05, 4.69) is 5.32 Å². The third-order valence-electron chi connectivity index (χ3n) is 7.61. The highest BCUT2D eigenvalue weighted by atomic mass is 35.5. The maximum absolute atomic E-state index is 14.2. The van der Waals surface area contributed by atoms with Crippen LogP contribution < -0.4 is 14.4 Å². The lowest BCUT2D eigenvalue weighted by molar-refractivity contribution is -0.140. The van der Waals surface area contributed by atoms with Gasteiger partial charge in [0, 0.05) is 17.6 Å². The van der Waals surface area contributed by atoms with E-state index in [1.165, 1.54) is 24.1 Å². The van der Waals surface area contributed by atoms with E-state index in [4.69, 9.17) is 16.3 Å². The van der Waals surface area contributed by atoms with Gasteiger partial charge in [0.25, 0.3) is 10.0 Å². The number of carbonyl (C=O) groups is 2. The van der Waals surface area contributed by atoms with Gasteiger partial charge in [0.05, 0.1) is 17.7 Å². The van der Waals surface area contributed by atoms with Gasteiger partial charge in [0.15, 0.2) is 0 Å². The van der Waals surface area contributed by atoms with Crippen molar-refractivity contribution in [3.63, 3.8) is 0 Å². The number of sulfonamides is 1. The number of carbonyl (C=O) groups excluding carboxylic acids is 2. The number of ether oxygens (including phenoxy) is 1. The van der Waals surface area contributed by atoms with Crippen LogP contribution in [0.25, 0.3) is 0 Å². The lowest BCUT2D eigenvalue weighted by Gasteiger charge is -2.34. The summed E-state index contributed by atoms with van der Waals surface area (Å²) in [6.07, 6.45) is 5.42. The molecule has 1 saturated carbocycles. The molecule has 0 bridgehead atoms. The third kappa shape index (κ3) is 7.63. The summed E-state index contributed by atoms with van der Waals surface area (Å²) in [4.78, 5) is 29.3. The average molecular weight is 612 g/mol. The van der Waals surface area contributed by atoms with Gasteiger partial charge >= 0.3 is 0 Å². The first-order chi connectivity index (χ1) is 20.2. The van der Waals surface area contributed by atoms with Crippen LogP contribution in [0.1, 0.15) is 51.0 Å². The summed E-state index contributed by atoms with van der Waals surface area (Å²) in [7, 11) is -2.66. The molecule has 0 saturated heterocycles. The molecule has 1 fully saturated rings. The second-order valence-electron chi connectivity index (χ2n) is 10.4. The van der Waals surface area contributed by atoms with E-state index in [1.807, 2.05) is 13.0 Å². The fourth-order valence-electron chi connectivity index (χ4n) is 5.27. The highest BCUT2D eigenvalue weighted by Crippen LogP contribution is 2.27. The number of hydrogen-bond donors (Lipinski definition) is 1. The van der Waals surface area contributed by atoms with Crippen LogP contribution in [0, 0.1) is 0 Å². The van der Waals surface area contributed by atoms with E-state index >= 15 is 0 Å². The lowest BCUT2D eigenvalue weighted by atomic mass is 9.95. The van der Waals surface area contributed by atoms with Crippen molar-refractivity contribution in [2.45, 2.75) is 69.0 Å². The molecule has 1 aliphatic rings. The van der Waals surface area contributed by atoms with Gasteiger partial charge in [-0.3, -0.25) is 13.9 Å². The first-order valence-electron chi connectivity index (χ1n) is 14.3. The van der Waals surface area contributed by atoms with Crippen molar-refractivity contribution in [3.8, 4) is 5.75 Å². The van der Waals surface area contributed by atoms with Crippen molar-refractivity contribution in [2.75, 3.05) is 18.0 Å². The normalized spacial score (nSPS) is 14.5. The molecular formula is C32H38ClN3O5S. The van der Waals surface area contributed by atoms with Crippen molar-refractivity contribution in [1.82, 2.24) is 10.2 Å². The molecule has 3 aromatic carbocycles. The van der Waals surface area contributed by atoms with Crippen LogP contribution in [0.5, 0.6) is 5.75 Å². The Balaban J connectivity index is 1.69. The van der Waals surface area contributed by atoms with Crippen molar-refractivity contribution in [1.29, 1.82) is 0 Å². The average Bonchev–Trinajstić information content (AvgIpc) is 3.01. The maximum Gasteiger partial charge on any atom is 0.264 e. The fourth-order valence-corrected chi connectivity index (χ4v) is 6.88. The molecule has 224 valence electrons. The van der Waals surface area contributed by atoms with Gasteiger partial charge in [-0.25, -0.2) is 8.42 Å². The summed E-state index contributed by atoms with van der Waals surface area (Å²) in [5.74, 6) is -0.243. The molecule has 0 heterocycles. The van der Waals surface area contributed by atoms with Gasteiger partial charge in [-0.05, 0) is 67.3 Å². The second-order valence-corrected chi connectivity index (χ2v) is 12.7. The topological polar surface area (TPSA) is 96.0 Å². The number of rotatable bonds is 12. The Morgan fingerprint density at radius 1 is 0.952 bits per heavy atom. The molecule has 0 radical (unpaired) electrons. The molecule has 2 amide bonds. The van der Waals surface area contributed by atoms with Gasteiger partial charge < -0.3 is 15.0 Å². The summed E-state index contributed by atoms with van der Waals surface area (Å²) in [5, 5.41) is 3.61. The van der Waals surface area contributed by atoms with Gasteiger partial charge in [-0.2, -0.15) is 0 Å². The number of halogens is 1. The fraction of sp³-hybridized carbons (Fsp3) is 0.375. The van der Waals surface area contributed by atoms with Crippen molar-refractivity contribution < 1.29 is 22.7 Å². The number of nitrogens with one attached hydrogen (secondary N) is 1. The Hall–Kier alpha value is -3.56. The van der Waals surface area contributed by atoms with Crippen molar-refractivity contribution in [3.05, 3.63) is 89.4 Å². The summed E-state index contributed by atoms with van der Waals surface area (Å²) in [6, 6.07) is 20.9. The number of nitrogens with zero attached hydrogens (tertiary/aromatic N) is 2. The van der Waals surface area contributed by atoms with E-state index in [1.54, 1.807) is 60.7 Å². The number of benzene rings is 3. The Morgan fingerprint density at radius 3 is 2.21 bits per heavy atom. The standard InChI is InChI=1S/C32H38ClN3O5S/c1-3-30(32(38)34-25-13-6-4-7-14-25)35(22-24-12-10-11-17-29(24)33)31(37)23-36(26-15-8-5-9-16-26)42(39,40)28-20-18-27(41-2)19-21-28/h5,8-12,15-21,25,30H,3-4,6-7,13-14,22-23H2,1-2H3,(H,34,38)/t30-/m1/s1. The Kier molecular flexibility index (Phi) is 10.9. The molecule has 4 rings (SSSR count). The molecule has 8 nitrogen and oxygen atoms in total. The minimum Gasteiger partial charge on any atom is -0.497 e. The zero-order valence-electron chi connectivity index (χ0n) is 24.0. The maximum atomic E-state index is 14.2. The monoisotopic (exact) mass is 611 g/mol. The molecule has 0 unspecified atom stereocenters. The summed E-state index contributed by atoms with van der Waals surface area (Å²) in [6.45, 7) is 1.40. The van der Waals surface area contributed by atoms with Gasteiger partial charge in [0.2, 0.25) is 11.8 Å². The molecule has 1 aliphatic carbocycles. The molecule has 1 N–H and O–H groups in total. The van der Waals surface area contributed by atoms with Gasteiger partial charge in [0.1, 0.15) is 18.3 Å². The predicted molar refractivity (Wildman–Crippen MR) is 165 cm³/mol. The number of methoxy groups -OCH3 is 1. The van der Waals surface area contributed by atoms with E-state index < -0.39 is 28.5 Å². The molecule has 0 aromatic heterocycles. The van der Waals surface area contributed by atoms with E-state index in [0.29, 0.717) is 28.4 Å². The van der Waals surface area contributed by atoms with E-state index in [9.17, 15) is 18.0 Å². The van der Waals surface area contributed by atoms with E-state index in [-0.39, 0.29) is 23.4 Å². The number of para-hydroxylation sites is 1. The molecular weight excluding hydrogens is 574 g/mol. The molecule has 0 spiro atoms. The number of amides is 2. The van der Waals surface area contributed by atoms with Crippen LogP contribution >= 0.6 is 11.6 Å². The molecule has 10 heteroatoms. The summed E-state index contributed by atoms with van der Waals surface area (Å²) in [5.41, 5.74) is 1.000. The minimum atomic E-state index is -4.16. The van der Waals surface area contributed by atoms with Crippen molar-refractivity contribution >= 4 is 39.1 Å². The quantitative estimate of drug-likeness (QED) is 0.279. The van der Waals surface area contributed by atoms with Crippen LogP contribution in [-0.2, 0) is 26.2 Å². The van der Waals surface area contributed by atoms with Crippen LogP contribution in [-0.4, -0.2) is 50.9 Å². The molecule has 1 atom stereocenters. The minimum absolute atomic E-state index is 0.0136. The second kappa shape index (κ2) is 14.6. The van der Waals surface area contributed by atoms with Crippen LogP contribution in [0.3, 0.4) is 0 Å². The third-order valence-corrected chi connectivity index (χ3v) is 9.76. The zero-order chi connectivity index (χ0) is 30.1. The lowest BCUT2D eigenvalue weighted by Crippen LogP contribution is -2.54. The van der Waals surface area contributed by atoms with Crippen LogP contribution in [0.2, 0.25) is 5.02 Å². The Morgan fingerprint density at radius 2 is 1.60 bits per heavy atom. The van der Waals surface area contributed by atoms with Crippen LogP contribution in [0.4, 0.5) is 5.69 Å². The first kappa shape index (κ1) is 31.4. The summed E-state index contributed by atoms with van der Waals surface area (Å²) >= 11 is 6.48. The Labute approximate surface area is 253 Å². The predicted octanol–water partition coefficient (Wildman–Crippen LogP) is 5.80. The number of hydrogen-bond acceptors (Lipinski definition) is 5. The smallest absolute Gasteiger partial charge is 0.264 e. The highest BCUT2D eigenvalue weighted by Gasteiger charge is 2.34. The Bertz CT molecular complexity index is 1440. The number of anilines is 1.